The van der Waals surface area contributed by atoms with Crippen LogP contribution in [0.4, 0.5) is 0 Å². The molecule has 0 atom stereocenters. The molecule has 0 saturated carbocycles. The zero-order valence-corrected chi connectivity index (χ0v) is 9.89. The third-order valence-electron chi connectivity index (χ3n) is 1.73. The quantitative estimate of drug-likeness (QED) is 0.649. The first-order chi connectivity index (χ1) is 6.01. The van der Waals surface area contributed by atoms with Crippen molar-refractivity contribution >= 4 is 8.32 Å². The highest BCUT2D eigenvalue weighted by atomic mass is 28.4. The monoisotopic (exact) mass is 198 g/mol. The van der Waals surface area contributed by atoms with Crippen LogP contribution in [0, 0.1) is 0 Å². The highest BCUT2D eigenvalue weighted by molar-refractivity contribution is 6.70. The van der Waals surface area contributed by atoms with E-state index in [9.17, 15) is 0 Å². The minimum absolute atomic E-state index is 0.988. The van der Waals surface area contributed by atoms with Gasteiger partial charge in [-0.05, 0) is 32.1 Å². The van der Waals surface area contributed by atoms with Gasteiger partial charge in [0.2, 0.25) is 8.32 Å². The SMILES string of the molecule is COC1=CC(O[Si](C)(C)C)=CCC1. The predicted molar refractivity (Wildman–Crippen MR) is 56.8 cm³/mol. The summed E-state index contributed by atoms with van der Waals surface area (Å²) in [5.41, 5.74) is 0. The van der Waals surface area contributed by atoms with E-state index < -0.39 is 8.32 Å². The number of hydrogen-bond acceptors (Lipinski definition) is 2. The van der Waals surface area contributed by atoms with Crippen LogP contribution in [0.25, 0.3) is 0 Å². The summed E-state index contributed by atoms with van der Waals surface area (Å²) in [5, 5.41) is 0. The van der Waals surface area contributed by atoms with Crippen LogP contribution in [0.15, 0.2) is 23.7 Å². The van der Waals surface area contributed by atoms with Crippen molar-refractivity contribution in [3.05, 3.63) is 23.7 Å². The molecule has 0 bridgehead atoms. The van der Waals surface area contributed by atoms with Gasteiger partial charge < -0.3 is 9.16 Å². The van der Waals surface area contributed by atoms with Gasteiger partial charge in [0.1, 0.15) is 5.76 Å². The van der Waals surface area contributed by atoms with Gasteiger partial charge in [0.25, 0.3) is 0 Å². The van der Waals surface area contributed by atoms with Crippen molar-refractivity contribution in [1.29, 1.82) is 0 Å². The van der Waals surface area contributed by atoms with Crippen molar-refractivity contribution < 1.29 is 9.16 Å². The highest BCUT2D eigenvalue weighted by Gasteiger charge is 2.18. The molecule has 0 saturated heterocycles. The Morgan fingerprint density at radius 2 is 2.00 bits per heavy atom. The standard InChI is InChI=1S/C10H18O2Si/c1-11-9-6-5-7-10(8-9)12-13(2,3)4/h7-8H,5-6H2,1-4H3. The molecule has 13 heavy (non-hydrogen) atoms. The maximum absolute atomic E-state index is 5.85. The fraction of sp³-hybridized carbons (Fsp3) is 0.600. The Labute approximate surface area is 81.4 Å². The second-order valence-corrected chi connectivity index (χ2v) is 8.60. The van der Waals surface area contributed by atoms with E-state index >= 15 is 0 Å². The lowest BCUT2D eigenvalue weighted by Gasteiger charge is -2.22. The van der Waals surface area contributed by atoms with Crippen molar-refractivity contribution in [3.8, 4) is 0 Å². The first-order valence-corrected chi connectivity index (χ1v) is 8.06. The Balaban J connectivity index is 2.61. The van der Waals surface area contributed by atoms with Crippen LogP contribution in [0.5, 0.6) is 0 Å². The van der Waals surface area contributed by atoms with Crippen LogP contribution in [0.2, 0.25) is 19.6 Å². The molecule has 0 radical (unpaired) electrons. The zero-order chi connectivity index (χ0) is 9.90. The average molecular weight is 198 g/mol. The number of methoxy groups -OCH3 is 1. The molecular formula is C10H18O2Si. The molecule has 0 fully saturated rings. The van der Waals surface area contributed by atoms with Gasteiger partial charge in [-0.25, -0.2) is 0 Å². The lowest BCUT2D eigenvalue weighted by molar-refractivity contribution is 0.271. The Morgan fingerprint density at radius 3 is 2.54 bits per heavy atom. The summed E-state index contributed by atoms with van der Waals surface area (Å²) in [6.07, 6.45) is 6.16. The van der Waals surface area contributed by atoms with E-state index in [1.165, 1.54) is 0 Å². The molecule has 0 heterocycles. The van der Waals surface area contributed by atoms with Crippen LogP contribution >= 0.6 is 0 Å². The van der Waals surface area contributed by atoms with Gasteiger partial charge in [0, 0.05) is 12.5 Å². The number of rotatable bonds is 3. The number of ether oxygens (including phenoxy) is 1. The smallest absolute Gasteiger partial charge is 0.242 e. The molecule has 0 aromatic heterocycles. The van der Waals surface area contributed by atoms with E-state index in [2.05, 4.69) is 25.7 Å². The fourth-order valence-corrected chi connectivity index (χ4v) is 2.08. The van der Waals surface area contributed by atoms with Gasteiger partial charge in [-0.1, -0.05) is 0 Å². The minimum atomic E-state index is -1.46. The predicted octanol–water partition coefficient (Wildman–Crippen LogP) is 3.05. The van der Waals surface area contributed by atoms with Crippen molar-refractivity contribution in [3.63, 3.8) is 0 Å². The first-order valence-electron chi connectivity index (χ1n) is 4.65. The molecule has 2 nitrogen and oxygen atoms in total. The molecular weight excluding hydrogens is 180 g/mol. The largest absolute Gasteiger partial charge is 0.544 e. The Morgan fingerprint density at radius 1 is 1.31 bits per heavy atom. The van der Waals surface area contributed by atoms with Gasteiger partial charge in [-0.2, -0.15) is 0 Å². The van der Waals surface area contributed by atoms with Gasteiger partial charge in [-0.15, -0.1) is 0 Å². The van der Waals surface area contributed by atoms with Crippen LogP contribution in [-0.4, -0.2) is 15.4 Å². The molecule has 1 aliphatic rings. The molecule has 0 unspecified atom stereocenters. The fourth-order valence-electron chi connectivity index (χ4n) is 1.23. The molecule has 0 N–H and O–H groups in total. The normalized spacial score (nSPS) is 17.5. The Bertz CT molecular complexity index is 236. The minimum Gasteiger partial charge on any atom is -0.544 e. The summed E-state index contributed by atoms with van der Waals surface area (Å²) < 4.78 is 11.0. The van der Waals surface area contributed by atoms with Gasteiger partial charge >= 0.3 is 0 Å². The topological polar surface area (TPSA) is 18.5 Å². The van der Waals surface area contributed by atoms with E-state index in [1.807, 2.05) is 6.08 Å². The van der Waals surface area contributed by atoms with Gasteiger partial charge in [0.05, 0.1) is 12.9 Å². The van der Waals surface area contributed by atoms with Crippen LogP contribution < -0.4 is 0 Å². The molecule has 1 aliphatic carbocycles. The number of allylic oxidation sites excluding steroid dienone is 3. The van der Waals surface area contributed by atoms with Crippen molar-refractivity contribution in [1.82, 2.24) is 0 Å². The Hall–Kier alpha value is -0.703. The maximum atomic E-state index is 5.85. The average Bonchev–Trinajstić information content (AvgIpc) is 2.01. The molecule has 1 rings (SSSR count). The van der Waals surface area contributed by atoms with E-state index in [4.69, 9.17) is 9.16 Å². The Kier molecular flexibility index (Phi) is 3.20. The molecule has 0 aromatic carbocycles. The van der Waals surface area contributed by atoms with Crippen molar-refractivity contribution in [2.24, 2.45) is 0 Å². The highest BCUT2D eigenvalue weighted by Crippen LogP contribution is 2.21. The third kappa shape index (κ3) is 3.68. The molecule has 74 valence electrons. The second-order valence-electron chi connectivity index (χ2n) is 4.17. The van der Waals surface area contributed by atoms with Crippen molar-refractivity contribution in [2.45, 2.75) is 32.5 Å². The van der Waals surface area contributed by atoms with Gasteiger partial charge in [-0.3, -0.25) is 0 Å². The molecule has 0 amide bonds. The van der Waals surface area contributed by atoms with E-state index in [-0.39, 0.29) is 0 Å². The summed E-state index contributed by atoms with van der Waals surface area (Å²) in [4.78, 5) is 0. The van der Waals surface area contributed by atoms with Gasteiger partial charge in [0.15, 0.2) is 0 Å². The molecule has 3 heteroatoms. The number of hydrogen-bond donors (Lipinski definition) is 0. The van der Waals surface area contributed by atoms with Crippen LogP contribution in [0.1, 0.15) is 12.8 Å². The summed E-state index contributed by atoms with van der Waals surface area (Å²) in [5.74, 6) is 2.01. The first kappa shape index (κ1) is 10.4. The summed E-state index contributed by atoms with van der Waals surface area (Å²) in [7, 11) is 0.256. The zero-order valence-electron chi connectivity index (χ0n) is 8.89. The maximum Gasteiger partial charge on any atom is 0.242 e. The third-order valence-corrected chi connectivity index (χ3v) is 2.57. The summed E-state index contributed by atoms with van der Waals surface area (Å²) in [6.45, 7) is 6.55. The van der Waals surface area contributed by atoms with Crippen LogP contribution in [0.3, 0.4) is 0 Å². The van der Waals surface area contributed by atoms with E-state index in [0.717, 1.165) is 24.4 Å². The molecule has 0 aliphatic heterocycles. The van der Waals surface area contributed by atoms with Crippen LogP contribution in [-0.2, 0) is 9.16 Å². The second kappa shape index (κ2) is 4.00. The summed E-state index contributed by atoms with van der Waals surface area (Å²) >= 11 is 0. The van der Waals surface area contributed by atoms with E-state index in [0.29, 0.717) is 0 Å². The molecule has 0 spiro atoms. The summed E-state index contributed by atoms with van der Waals surface area (Å²) in [6, 6.07) is 0. The van der Waals surface area contributed by atoms with Crippen molar-refractivity contribution in [2.75, 3.05) is 7.11 Å². The van der Waals surface area contributed by atoms with E-state index in [1.54, 1.807) is 7.11 Å². The lowest BCUT2D eigenvalue weighted by atomic mass is 10.1. The lowest BCUT2D eigenvalue weighted by Crippen LogP contribution is -2.24. The molecule has 0 aromatic rings.